The second-order valence-corrected chi connectivity index (χ2v) is 16.0. The van der Waals surface area contributed by atoms with Crippen LogP contribution in [-0.2, 0) is 5.41 Å². The highest BCUT2D eigenvalue weighted by Crippen LogP contribution is 2.54. The first kappa shape index (κ1) is 32.8. The number of nitrogens with zero attached hydrogens (tertiary/aromatic N) is 1. The molecule has 0 fully saturated rings. The molecule has 0 saturated heterocycles. The molecule has 11 aromatic rings. The van der Waals surface area contributed by atoms with Crippen LogP contribution in [0.4, 0.5) is 17.1 Å². The average molecular weight is 744 g/mol. The Balaban J connectivity index is 1.22. The smallest absolute Gasteiger partial charge is 0.145 e. The zero-order valence-electron chi connectivity index (χ0n) is 32.2. The Bertz CT molecular complexity index is 3430. The fourth-order valence-corrected chi connectivity index (χ4v) is 9.79. The molecular formula is C55H37NO2. The van der Waals surface area contributed by atoms with E-state index in [1.165, 1.54) is 33.0 Å². The summed E-state index contributed by atoms with van der Waals surface area (Å²) in [7, 11) is 0. The van der Waals surface area contributed by atoms with Crippen molar-refractivity contribution in [1.29, 1.82) is 0 Å². The minimum absolute atomic E-state index is 0.174. The molecule has 58 heavy (non-hydrogen) atoms. The van der Waals surface area contributed by atoms with Gasteiger partial charge in [-0.2, -0.15) is 0 Å². The molecule has 2 aromatic heterocycles. The Labute approximate surface area is 336 Å². The van der Waals surface area contributed by atoms with Crippen LogP contribution in [0.25, 0.3) is 88.0 Å². The lowest BCUT2D eigenvalue weighted by atomic mass is 9.82. The number of rotatable bonds is 5. The van der Waals surface area contributed by atoms with E-state index in [1.807, 2.05) is 18.2 Å². The van der Waals surface area contributed by atoms with Crippen molar-refractivity contribution in [2.24, 2.45) is 0 Å². The number of fused-ring (bicyclic) bond motifs is 11. The standard InChI is InChI=1S/C55H37NO2/c1-55(2)44-24-11-8-21-39(44)40-28-27-36(33-45(40)55)56(46-25-12-9-20-38(46)35-15-4-3-5-16-35)47-30-29-43-53-50(32-31-49-52(53)42-22-10-13-26-48(42)57-49)58-54(43)51(47)41-23-14-18-34-17-6-7-19-37(34)41/h3-33H,1-2H3. The first-order chi connectivity index (χ1) is 28.5. The quantitative estimate of drug-likeness (QED) is 0.176. The summed E-state index contributed by atoms with van der Waals surface area (Å²) in [6.07, 6.45) is 0. The Morgan fingerprint density at radius 3 is 1.95 bits per heavy atom. The van der Waals surface area contributed by atoms with E-state index in [2.05, 4.69) is 189 Å². The van der Waals surface area contributed by atoms with Crippen LogP contribution in [0, 0.1) is 0 Å². The van der Waals surface area contributed by atoms with Crippen molar-refractivity contribution < 1.29 is 8.83 Å². The zero-order valence-corrected chi connectivity index (χ0v) is 32.2. The zero-order chi connectivity index (χ0) is 38.5. The molecular weight excluding hydrogens is 707 g/mol. The molecule has 0 aliphatic heterocycles. The maximum atomic E-state index is 7.17. The third kappa shape index (κ3) is 4.68. The number of benzene rings is 9. The van der Waals surface area contributed by atoms with Gasteiger partial charge in [-0.3, -0.25) is 0 Å². The van der Waals surface area contributed by atoms with Gasteiger partial charge in [0.05, 0.1) is 11.4 Å². The number of anilines is 3. The number of hydrogen-bond donors (Lipinski definition) is 0. The van der Waals surface area contributed by atoms with Gasteiger partial charge in [0.1, 0.15) is 22.3 Å². The third-order valence-corrected chi connectivity index (χ3v) is 12.5. The summed E-state index contributed by atoms with van der Waals surface area (Å²) in [4.78, 5) is 2.47. The largest absolute Gasteiger partial charge is 0.456 e. The molecule has 0 amide bonds. The highest BCUT2D eigenvalue weighted by Gasteiger charge is 2.36. The Morgan fingerprint density at radius 2 is 1.07 bits per heavy atom. The van der Waals surface area contributed by atoms with Crippen molar-refractivity contribution >= 4 is 71.7 Å². The Morgan fingerprint density at radius 1 is 0.414 bits per heavy atom. The van der Waals surface area contributed by atoms with Crippen molar-refractivity contribution in [1.82, 2.24) is 0 Å². The minimum Gasteiger partial charge on any atom is -0.456 e. The Kier molecular flexibility index (Phi) is 6.98. The fraction of sp³-hybridized carbons (Fsp3) is 0.0545. The van der Waals surface area contributed by atoms with Crippen molar-refractivity contribution in [3.8, 4) is 33.4 Å². The molecule has 0 unspecified atom stereocenters. The van der Waals surface area contributed by atoms with Crippen LogP contribution in [0.5, 0.6) is 0 Å². The van der Waals surface area contributed by atoms with Crippen molar-refractivity contribution in [2.45, 2.75) is 19.3 Å². The fourth-order valence-electron chi connectivity index (χ4n) is 9.79. The molecule has 0 atom stereocenters. The normalized spacial score (nSPS) is 13.1. The van der Waals surface area contributed by atoms with E-state index in [0.717, 1.165) is 83.2 Å². The predicted octanol–water partition coefficient (Wildman–Crippen LogP) is 15.7. The maximum absolute atomic E-state index is 7.17. The second-order valence-electron chi connectivity index (χ2n) is 16.0. The Hall–Kier alpha value is -7.36. The van der Waals surface area contributed by atoms with Gasteiger partial charge in [-0.25, -0.2) is 0 Å². The van der Waals surface area contributed by atoms with Gasteiger partial charge in [-0.15, -0.1) is 0 Å². The predicted molar refractivity (Wildman–Crippen MR) is 242 cm³/mol. The molecule has 0 saturated carbocycles. The van der Waals surface area contributed by atoms with E-state index in [4.69, 9.17) is 8.83 Å². The highest BCUT2D eigenvalue weighted by atomic mass is 16.3. The van der Waals surface area contributed by atoms with Gasteiger partial charge in [0.25, 0.3) is 0 Å². The summed E-state index contributed by atoms with van der Waals surface area (Å²) in [6.45, 7) is 4.71. The molecule has 3 heteroatoms. The van der Waals surface area contributed by atoms with E-state index >= 15 is 0 Å². The lowest BCUT2D eigenvalue weighted by Crippen LogP contribution is -2.17. The van der Waals surface area contributed by atoms with Gasteiger partial charge in [0, 0.05) is 43.8 Å². The van der Waals surface area contributed by atoms with Crippen LogP contribution in [-0.4, -0.2) is 0 Å². The molecule has 1 aliphatic rings. The molecule has 0 spiro atoms. The van der Waals surface area contributed by atoms with Gasteiger partial charge in [-0.05, 0) is 92.7 Å². The molecule has 0 bridgehead atoms. The number of para-hydroxylation sites is 2. The SMILES string of the molecule is CC1(C)c2ccccc2-c2ccc(N(c3ccccc3-c3ccccc3)c3ccc4c(oc5ccc6oc7ccccc7c6c54)c3-c3cccc4ccccc34)cc21. The summed E-state index contributed by atoms with van der Waals surface area (Å²) in [6, 6.07) is 67.7. The minimum atomic E-state index is -0.174. The van der Waals surface area contributed by atoms with E-state index < -0.39 is 0 Å². The van der Waals surface area contributed by atoms with Gasteiger partial charge in [0.2, 0.25) is 0 Å². The number of hydrogen-bond acceptors (Lipinski definition) is 3. The highest BCUT2D eigenvalue weighted by molar-refractivity contribution is 6.28. The summed E-state index contributed by atoms with van der Waals surface area (Å²) < 4.78 is 13.6. The molecule has 274 valence electrons. The van der Waals surface area contributed by atoms with E-state index in [1.54, 1.807) is 0 Å². The summed E-state index contributed by atoms with van der Waals surface area (Å²) in [5, 5.41) is 6.63. The molecule has 1 aliphatic carbocycles. The summed E-state index contributed by atoms with van der Waals surface area (Å²) in [5.41, 5.74) is 16.2. The average Bonchev–Trinajstić information content (AvgIpc) is 3.91. The van der Waals surface area contributed by atoms with Crippen molar-refractivity contribution in [2.75, 3.05) is 4.90 Å². The monoisotopic (exact) mass is 743 g/mol. The summed E-state index contributed by atoms with van der Waals surface area (Å²) in [5.74, 6) is 0. The van der Waals surface area contributed by atoms with Gasteiger partial charge in [0.15, 0.2) is 0 Å². The van der Waals surface area contributed by atoms with Gasteiger partial charge < -0.3 is 13.7 Å². The molecule has 9 aromatic carbocycles. The van der Waals surface area contributed by atoms with Crippen molar-refractivity contribution in [3.05, 3.63) is 199 Å². The van der Waals surface area contributed by atoms with Crippen LogP contribution < -0.4 is 4.90 Å². The second kappa shape index (κ2) is 12.3. The van der Waals surface area contributed by atoms with Gasteiger partial charge in [-0.1, -0.05) is 153 Å². The molecule has 12 rings (SSSR count). The van der Waals surface area contributed by atoms with Crippen LogP contribution >= 0.6 is 0 Å². The van der Waals surface area contributed by atoms with Crippen LogP contribution in [0.1, 0.15) is 25.0 Å². The van der Waals surface area contributed by atoms with Gasteiger partial charge >= 0.3 is 0 Å². The van der Waals surface area contributed by atoms with Crippen LogP contribution in [0.15, 0.2) is 197 Å². The lowest BCUT2D eigenvalue weighted by Gasteiger charge is -2.31. The maximum Gasteiger partial charge on any atom is 0.145 e. The molecule has 3 nitrogen and oxygen atoms in total. The van der Waals surface area contributed by atoms with Crippen molar-refractivity contribution in [3.63, 3.8) is 0 Å². The molecule has 2 heterocycles. The van der Waals surface area contributed by atoms with Crippen LogP contribution in [0.3, 0.4) is 0 Å². The van der Waals surface area contributed by atoms with E-state index in [9.17, 15) is 0 Å². The van der Waals surface area contributed by atoms with Crippen LogP contribution in [0.2, 0.25) is 0 Å². The number of furan rings is 2. The summed E-state index contributed by atoms with van der Waals surface area (Å²) >= 11 is 0. The van der Waals surface area contributed by atoms with E-state index in [0.29, 0.717) is 0 Å². The van der Waals surface area contributed by atoms with E-state index in [-0.39, 0.29) is 5.41 Å². The first-order valence-corrected chi connectivity index (χ1v) is 20.0. The first-order valence-electron chi connectivity index (χ1n) is 20.0. The topological polar surface area (TPSA) is 29.5 Å². The lowest BCUT2D eigenvalue weighted by molar-refractivity contribution is 0.660. The molecule has 0 N–H and O–H groups in total. The molecule has 0 radical (unpaired) electrons. The third-order valence-electron chi connectivity index (χ3n) is 12.5.